The Morgan fingerprint density at radius 3 is 2.78 bits per heavy atom. The minimum Gasteiger partial charge on any atom is -0.493 e. The molecule has 0 atom stereocenters. The molecule has 1 amide bonds. The van der Waals surface area contributed by atoms with E-state index in [-0.39, 0.29) is 5.91 Å². The molecule has 9 heteroatoms. The number of carbonyl (C=O) groups excluding carboxylic acids is 1. The topological polar surface area (TPSA) is 66.9 Å². The predicted octanol–water partition coefficient (Wildman–Crippen LogP) is 5.54. The van der Waals surface area contributed by atoms with Gasteiger partial charge in [-0.15, -0.1) is 0 Å². The van der Waals surface area contributed by atoms with Gasteiger partial charge in [0.25, 0.3) is 11.1 Å². The Bertz CT molecular complexity index is 1310. The Morgan fingerprint density at radius 1 is 1.19 bits per heavy atom. The quantitative estimate of drug-likeness (QED) is 0.438. The van der Waals surface area contributed by atoms with Gasteiger partial charge in [-0.05, 0) is 67.3 Å². The van der Waals surface area contributed by atoms with Crippen molar-refractivity contribution in [2.45, 2.75) is 12.8 Å². The number of rotatable bonds is 7. The Balaban J connectivity index is 1.19. The lowest BCUT2D eigenvalue weighted by Crippen LogP contribution is -2.38. The number of likely N-dealkylation sites (tertiary alicyclic amines) is 1. The van der Waals surface area contributed by atoms with Crippen LogP contribution in [-0.2, 0) is 0 Å². The van der Waals surface area contributed by atoms with Gasteiger partial charge in [0.05, 0.1) is 17.3 Å². The highest BCUT2D eigenvalue weighted by Gasteiger charge is 2.22. The number of hydrogen-bond donors (Lipinski definition) is 1. The molecule has 1 fully saturated rings. The van der Waals surface area contributed by atoms with E-state index in [9.17, 15) is 4.79 Å². The minimum atomic E-state index is -0.123. The lowest BCUT2D eigenvalue weighted by atomic mass is 9.96. The molecular weight excluding hydrogens is 496 g/mol. The highest BCUT2D eigenvalue weighted by molar-refractivity contribution is 7.20. The fourth-order valence-corrected chi connectivity index (χ4v) is 5.56. The number of fused-ring (bicyclic) bond motifs is 1. The maximum atomic E-state index is 12.9. The Kier molecular flexibility index (Phi) is 7.34. The van der Waals surface area contributed by atoms with Gasteiger partial charge in [-0.3, -0.25) is 4.79 Å². The fourth-order valence-electron chi connectivity index (χ4n) is 4.45. The number of thiazole rings is 1. The van der Waals surface area contributed by atoms with E-state index in [1.165, 1.54) is 17.0 Å². The molecule has 36 heavy (non-hydrogen) atoms. The lowest BCUT2D eigenvalue weighted by molar-refractivity contribution is 0.0939. The van der Waals surface area contributed by atoms with Crippen molar-refractivity contribution in [1.29, 1.82) is 0 Å². The molecule has 188 valence electrons. The second-order valence-electron chi connectivity index (χ2n) is 9.08. The molecule has 0 spiro atoms. The van der Waals surface area contributed by atoms with Gasteiger partial charge in [-0.25, -0.2) is 4.98 Å². The average Bonchev–Trinajstić information content (AvgIpc) is 3.29. The van der Waals surface area contributed by atoms with Gasteiger partial charge in [0.2, 0.25) is 0 Å². The SMILES string of the molecule is COc1ccc(C(=O)NCC2CCN(C3=CCN(C)C=C3)CC2)cc1Oc1nc2ccc(Cl)cc2s1. The van der Waals surface area contributed by atoms with Crippen LogP contribution in [0.5, 0.6) is 16.7 Å². The molecule has 0 aliphatic carbocycles. The van der Waals surface area contributed by atoms with E-state index in [4.69, 9.17) is 21.1 Å². The van der Waals surface area contributed by atoms with E-state index in [0.29, 0.717) is 39.7 Å². The zero-order chi connectivity index (χ0) is 25.1. The number of allylic oxidation sites excluding steroid dienone is 1. The highest BCUT2D eigenvalue weighted by Crippen LogP contribution is 2.37. The second kappa shape index (κ2) is 10.8. The summed E-state index contributed by atoms with van der Waals surface area (Å²) in [5.41, 5.74) is 2.63. The summed E-state index contributed by atoms with van der Waals surface area (Å²) in [5, 5.41) is 4.22. The van der Waals surface area contributed by atoms with Crippen LogP contribution in [0.2, 0.25) is 5.02 Å². The van der Waals surface area contributed by atoms with Crippen LogP contribution < -0.4 is 14.8 Å². The maximum absolute atomic E-state index is 12.9. The summed E-state index contributed by atoms with van der Waals surface area (Å²) < 4.78 is 12.4. The summed E-state index contributed by atoms with van der Waals surface area (Å²) >= 11 is 7.48. The van der Waals surface area contributed by atoms with E-state index in [0.717, 1.165) is 42.7 Å². The van der Waals surface area contributed by atoms with Crippen LogP contribution in [0.1, 0.15) is 23.2 Å². The van der Waals surface area contributed by atoms with Crippen molar-refractivity contribution in [1.82, 2.24) is 20.1 Å². The van der Waals surface area contributed by atoms with E-state index in [1.54, 1.807) is 31.4 Å². The first kappa shape index (κ1) is 24.5. The highest BCUT2D eigenvalue weighted by atomic mass is 35.5. The number of aromatic nitrogens is 1. The standard InChI is InChI=1S/C27H29ClN4O3S/c1-31-11-9-21(10-12-31)32-13-7-18(8-14-32)17-29-26(33)19-3-6-23(34-2)24(15-19)35-27-30-22-5-4-20(28)16-25(22)36-27/h3-6,9-11,15-16,18H,7-8,12-14,17H2,1-2H3,(H,29,33). The maximum Gasteiger partial charge on any atom is 0.279 e. The molecule has 7 nitrogen and oxygen atoms in total. The average molecular weight is 525 g/mol. The van der Waals surface area contributed by atoms with Gasteiger partial charge in [-0.1, -0.05) is 22.9 Å². The van der Waals surface area contributed by atoms with Crippen LogP contribution in [0.4, 0.5) is 0 Å². The number of piperidine rings is 1. The van der Waals surface area contributed by atoms with Gasteiger partial charge < -0.3 is 24.6 Å². The van der Waals surface area contributed by atoms with Crippen molar-refractivity contribution >= 4 is 39.1 Å². The molecule has 0 radical (unpaired) electrons. The molecule has 5 rings (SSSR count). The molecule has 0 bridgehead atoms. The van der Waals surface area contributed by atoms with Crippen molar-refractivity contribution in [2.24, 2.45) is 5.92 Å². The Hall–Kier alpha value is -3.23. The van der Waals surface area contributed by atoms with Crippen LogP contribution in [0.25, 0.3) is 10.2 Å². The van der Waals surface area contributed by atoms with Crippen LogP contribution >= 0.6 is 22.9 Å². The number of hydrogen-bond acceptors (Lipinski definition) is 7. The van der Waals surface area contributed by atoms with Crippen LogP contribution in [0, 0.1) is 5.92 Å². The third-order valence-electron chi connectivity index (χ3n) is 6.57. The number of benzene rings is 2. The summed E-state index contributed by atoms with van der Waals surface area (Å²) in [4.78, 5) is 22.0. The number of halogens is 1. The van der Waals surface area contributed by atoms with Crippen LogP contribution in [0.3, 0.4) is 0 Å². The lowest BCUT2D eigenvalue weighted by Gasteiger charge is -2.35. The van der Waals surface area contributed by atoms with E-state index < -0.39 is 0 Å². The molecule has 0 unspecified atom stereocenters. The largest absolute Gasteiger partial charge is 0.493 e. The normalized spacial score (nSPS) is 16.2. The molecule has 3 aromatic rings. The molecule has 2 aromatic carbocycles. The summed E-state index contributed by atoms with van der Waals surface area (Å²) in [7, 11) is 3.65. The van der Waals surface area contributed by atoms with Crippen molar-refractivity contribution < 1.29 is 14.3 Å². The number of nitrogens with zero attached hydrogens (tertiary/aromatic N) is 3. The smallest absolute Gasteiger partial charge is 0.279 e. The third kappa shape index (κ3) is 5.60. The predicted molar refractivity (Wildman–Crippen MR) is 144 cm³/mol. The Morgan fingerprint density at radius 2 is 2.03 bits per heavy atom. The van der Waals surface area contributed by atoms with Crippen molar-refractivity contribution in [3.8, 4) is 16.7 Å². The monoisotopic (exact) mass is 524 g/mol. The minimum absolute atomic E-state index is 0.123. The van der Waals surface area contributed by atoms with Crippen LogP contribution in [-0.4, -0.2) is 61.0 Å². The molecule has 1 N–H and O–H groups in total. The van der Waals surface area contributed by atoms with E-state index >= 15 is 0 Å². The number of ether oxygens (including phenoxy) is 2. The third-order valence-corrected chi connectivity index (χ3v) is 7.70. The number of likely N-dealkylation sites (N-methyl/N-ethyl adjacent to an activating group) is 1. The molecule has 2 aliphatic heterocycles. The van der Waals surface area contributed by atoms with Gasteiger partial charge in [0.15, 0.2) is 11.5 Å². The van der Waals surface area contributed by atoms with Gasteiger partial charge >= 0.3 is 0 Å². The number of nitrogens with one attached hydrogen (secondary N) is 1. The van der Waals surface area contributed by atoms with Crippen molar-refractivity contribution in [2.75, 3.05) is 40.3 Å². The molecule has 1 aromatic heterocycles. The molecule has 3 heterocycles. The first-order chi connectivity index (χ1) is 17.5. The van der Waals surface area contributed by atoms with Gasteiger partial charge in [0, 0.05) is 55.7 Å². The molecule has 2 aliphatic rings. The van der Waals surface area contributed by atoms with E-state index in [2.05, 4.69) is 45.5 Å². The van der Waals surface area contributed by atoms with Gasteiger partial charge in [0.1, 0.15) is 0 Å². The summed E-state index contributed by atoms with van der Waals surface area (Å²) in [6.07, 6.45) is 8.69. The van der Waals surface area contributed by atoms with Crippen molar-refractivity contribution in [3.63, 3.8) is 0 Å². The number of carbonyl (C=O) groups is 1. The summed E-state index contributed by atoms with van der Waals surface area (Å²) in [6, 6.07) is 10.7. The molecule has 1 saturated heterocycles. The molecule has 0 saturated carbocycles. The van der Waals surface area contributed by atoms with E-state index in [1.807, 2.05) is 12.1 Å². The fraction of sp³-hybridized carbons (Fsp3) is 0.333. The molecular formula is C27H29ClN4O3S. The number of amides is 1. The first-order valence-electron chi connectivity index (χ1n) is 12.0. The zero-order valence-corrected chi connectivity index (χ0v) is 21.9. The second-order valence-corrected chi connectivity index (χ2v) is 10.5. The number of methoxy groups -OCH3 is 1. The summed E-state index contributed by atoms with van der Waals surface area (Å²) in [6.45, 7) is 3.62. The zero-order valence-electron chi connectivity index (χ0n) is 20.4. The van der Waals surface area contributed by atoms with Crippen molar-refractivity contribution in [3.05, 3.63) is 71.0 Å². The van der Waals surface area contributed by atoms with Gasteiger partial charge in [-0.2, -0.15) is 0 Å². The first-order valence-corrected chi connectivity index (χ1v) is 13.2. The summed E-state index contributed by atoms with van der Waals surface area (Å²) in [5.74, 6) is 1.32. The Labute approximate surface area is 220 Å². The van der Waals surface area contributed by atoms with Crippen LogP contribution in [0.15, 0.2) is 60.4 Å².